The van der Waals surface area contributed by atoms with Crippen molar-refractivity contribution in [3.05, 3.63) is 29.3 Å². The van der Waals surface area contributed by atoms with E-state index >= 15 is 0 Å². The molecule has 1 aliphatic heterocycles. The summed E-state index contributed by atoms with van der Waals surface area (Å²) >= 11 is 5.87. The second-order valence-electron chi connectivity index (χ2n) is 5.90. The van der Waals surface area contributed by atoms with Gasteiger partial charge in [0.05, 0.1) is 0 Å². The van der Waals surface area contributed by atoms with E-state index in [-0.39, 0.29) is 25.1 Å². The third-order valence-electron chi connectivity index (χ3n) is 4.22. The highest BCUT2D eigenvalue weighted by atomic mass is 35.5. The maximum atomic E-state index is 12.5. The Hall–Kier alpha value is -1.99. The van der Waals surface area contributed by atoms with Gasteiger partial charge in [-0.3, -0.25) is 4.79 Å². The molecule has 2 heterocycles. The van der Waals surface area contributed by atoms with E-state index in [2.05, 4.69) is 15.4 Å². The normalized spacial score (nSPS) is 17.4. The summed E-state index contributed by atoms with van der Waals surface area (Å²) in [4.78, 5) is 15.7. The summed E-state index contributed by atoms with van der Waals surface area (Å²) in [5.41, 5.74) is 0.806. The van der Waals surface area contributed by atoms with Crippen molar-refractivity contribution in [3.8, 4) is 11.4 Å². The average molecular weight is 350 g/mol. The molecule has 1 fully saturated rings. The molecule has 1 unspecified atom stereocenters. The van der Waals surface area contributed by atoms with Gasteiger partial charge in [-0.25, -0.2) is 0 Å². The van der Waals surface area contributed by atoms with Gasteiger partial charge >= 0.3 is 0 Å². The first-order valence-corrected chi connectivity index (χ1v) is 8.49. The minimum absolute atomic E-state index is 0.00417. The average Bonchev–Trinajstić information content (AvgIpc) is 3.23. The molecule has 0 saturated carbocycles. The van der Waals surface area contributed by atoms with Crippen molar-refractivity contribution in [1.29, 1.82) is 0 Å². The fourth-order valence-electron chi connectivity index (χ4n) is 3.03. The third-order valence-corrected chi connectivity index (χ3v) is 4.48. The molecule has 1 atom stereocenters. The highest BCUT2D eigenvalue weighted by Gasteiger charge is 2.28. The molecule has 24 heavy (non-hydrogen) atoms. The van der Waals surface area contributed by atoms with E-state index in [0.29, 0.717) is 10.8 Å². The van der Waals surface area contributed by atoms with Crippen LogP contribution in [0.15, 0.2) is 24.3 Å². The number of aliphatic hydroxyl groups is 1. The smallest absolute Gasteiger partial charge is 0.246 e. The molecule has 1 aliphatic rings. The number of halogens is 1. The Balaban J connectivity index is 1.63. The van der Waals surface area contributed by atoms with Crippen molar-refractivity contribution < 1.29 is 9.90 Å². The first-order valence-electron chi connectivity index (χ1n) is 8.11. The zero-order valence-electron chi connectivity index (χ0n) is 13.3. The predicted octanol–water partition coefficient (Wildman–Crippen LogP) is 1.76. The molecule has 1 aromatic carbocycles. The minimum atomic E-state index is -0.00417. The summed E-state index contributed by atoms with van der Waals surface area (Å²) in [6.45, 7) is 0.998. The Bertz CT molecular complexity index is 688. The van der Waals surface area contributed by atoms with Gasteiger partial charge in [0.25, 0.3) is 0 Å². The summed E-state index contributed by atoms with van der Waals surface area (Å²) < 4.78 is 0. The van der Waals surface area contributed by atoms with Gasteiger partial charge in [-0.2, -0.15) is 4.80 Å². The number of benzene rings is 1. The molecule has 3 rings (SSSR count). The quantitative estimate of drug-likeness (QED) is 0.859. The Morgan fingerprint density at radius 3 is 2.88 bits per heavy atom. The molecular weight excluding hydrogens is 330 g/mol. The number of rotatable bonds is 6. The lowest BCUT2D eigenvalue weighted by molar-refractivity contribution is -0.133. The Kier molecular flexibility index (Phi) is 5.42. The van der Waals surface area contributed by atoms with E-state index < -0.39 is 0 Å². The topological polar surface area (TPSA) is 84.1 Å². The predicted molar refractivity (Wildman–Crippen MR) is 89.3 cm³/mol. The number of aromatic nitrogens is 4. The van der Waals surface area contributed by atoms with Crippen LogP contribution in [0, 0.1) is 0 Å². The lowest BCUT2D eigenvalue weighted by Crippen LogP contribution is -2.38. The van der Waals surface area contributed by atoms with Crippen LogP contribution in [0.2, 0.25) is 5.02 Å². The van der Waals surface area contributed by atoms with Crippen LogP contribution in [0.25, 0.3) is 11.4 Å². The van der Waals surface area contributed by atoms with Gasteiger partial charge in [0.15, 0.2) is 0 Å². The van der Waals surface area contributed by atoms with E-state index in [0.717, 1.165) is 37.8 Å². The summed E-state index contributed by atoms with van der Waals surface area (Å²) in [6.07, 6.45) is 3.55. The van der Waals surface area contributed by atoms with Crippen molar-refractivity contribution in [2.24, 2.45) is 0 Å². The van der Waals surface area contributed by atoms with Gasteiger partial charge in [-0.1, -0.05) is 11.6 Å². The molecule has 7 nitrogen and oxygen atoms in total. The van der Waals surface area contributed by atoms with Gasteiger partial charge < -0.3 is 10.0 Å². The van der Waals surface area contributed by atoms with Crippen molar-refractivity contribution in [3.63, 3.8) is 0 Å². The van der Waals surface area contributed by atoms with Crippen molar-refractivity contribution in [2.75, 3.05) is 13.2 Å². The van der Waals surface area contributed by atoms with Crippen molar-refractivity contribution >= 4 is 17.5 Å². The number of carbonyl (C=O) groups is 1. The SMILES string of the molecule is O=C(Cn1nnc(-c2ccc(Cl)cc2)n1)N1CCCC1CCCO. The van der Waals surface area contributed by atoms with E-state index in [9.17, 15) is 4.79 Å². The van der Waals surface area contributed by atoms with Crippen LogP contribution in [0.1, 0.15) is 25.7 Å². The summed E-state index contributed by atoms with van der Waals surface area (Å²) in [6, 6.07) is 7.37. The number of likely N-dealkylation sites (tertiary alicyclic amines) is 1. The highest BCUT2D eigenvalue weighted by molar-refractivity contribution is 6.30. The van der Waals surface area contributed by atoms with Crippen LogP contribution in [0.5, 0.6) is 0 Å². The second-order valence-corrected chi connectivity index (χ2v) is 6.34. The number of carbonyl (C=O) groups excluding carboxylic acids is 1. The fourth-order valence-corrected chi connectivity index (χ4v) is 3.15. The summed E-state index contributed by atoms with van der Waals surface area (Å²) in [5.74, 6) is 0.466. The maximum absolute atomic E-state index is 12.5. The van der Waals surface area contributed by atoms with E-state index in [1.165, 1.54) is 4.80 Å². The van der Waals surface area contributed by atoms with Crippen LogP contribution in [0.4, 0.5) is 0 Å². The highest BCUT2D eigenvalue weighted by Crippen LogP contribution is 2.22. The first-order chi connectivity index (χ1) is 11.7. The second kappa shape index (κ2) is 7.72. The Labute approximate surface area is 145 Å². The molecule has 0 aliphatic carbocycles. The molecule has 128 valence electrons. The van der Waals surface area contributed by atoms with Crippen LogP contribution >= 0.6 is 11.6 Å². The van der Waals surface area contributed by atoms with Crippen LogP contribution < -0.4 is 0 Å². The number of hydrogen-bond donors (Lipinski definition) is 1. The van der Waals surface area contributed by atoms with Gasteiger partial charge in [0.2, 0.25) is 11.7 Å². The van der Waals surface area contributed by atoms with Crippen molar-refractivity contribution in [2.45, 2.75) is 38.3 Å². The van der Waals surface area contributed by atoms with E-state index in [4.69, 9.17) is 16.7 Å². The molecule has 0 spiro atoms. The molecule has 1 amide bonds. The zero-order valence-corrected chi connectivity index (χ0v) is 14.1. The lowest BCUT2D eigenvalue weighted by Gasteiger charge is -2.24. The first kappa shape index (κ1) is 16.9. The van der Waals surface area contributed by atoms with Crippen LogP contribution in [-0.4, -0.2) is 55.3 Å². The van der Waals surface area contributed by atoms with Gasteiger partial charge in [-0.05, 0) is 55.2 Å². The molecule has 0 bridgehead atoms. The lowest BCUT2D eigenvalue weighted by atomic mass is 10.1. The third kappa shape index (κ3) is 3.91. The number of tetrazole rings is 1. The zero-order chi connectivity index (χ0) is 16.9. The Morgan fingerprint density at radius 1 is 1.33 bits per heavy atom. The number of amides is 1. The van der Waals surface area contributed by atoms with Crippen molar-refractivity contribution in [1.82, 2.24) is 25.1 Å². The van der Waals surface area contributed by atoms with E-state index in [1.807, 2.05) is 17.0 Å². The molecule has 2 aromatic rings. The monoisotopic (exact) mass is 349 g/mol. The number of aliphatic hydroxyl groups excluding tert-OH is 1. The number of hydrogen-bond acceptors (Lipinski definition) is 5. The molecule has 1 aromatic heterocycles. The Morgan fingerprint density at radius 2 is 2.12 bits per heavy atom. The molecular formula is C16H20ClN5O2. The van der Waals surface area contributed by atoms with Gasteiger partial charge in [0, 0.05) is 29.8 Å². The summed E-state index contributed by atoms with van der Waals surface area (Å²) in [7, 11) is 0. The minimum Gasteiger partial charge on any atom is -0.396 e. The van der Waals surface area contributed by atoms with Gasteiger partial charge in [0.1, 0.15) is 6.54 Å². The molecule has 1 saturated heterocycles. The van der Waals surface area contributed by atoms with Gasteiger partial charge in [-0.15, -0.1) is 10.2 Å². The van der Waals surface area contributed by atoms with Crippen LogP contribution in [0.3, 0.4) is 0 Å². The number of nitrogens with zero attached hydrogens (tertiary/aromatic N) is 5. The molecule has 8 heteroatoms. The maximum Gasteiger partial charge on any atom is 0.246 e. The standard InChI is InChI=1S/C16H20ClN5O2/c17-13-7-5-12(6-8-13)16-18-20-22(19-16)11-15(24)21-9-1-3-14(21)4-2-10-23/h5-8,14,23H,1-4,9-11H2. The molecule has 1 N–H and O–H groups in total. The van der Waals surface area contributed by atoms with E-state index in [1.54, 1.807) is 12.1 Å². The molecule has 0 radical (unpaired) electrons. The van der Waals surface area contributed by atoms with Crippen LogP contribution in [-0.2, 0) is 11.3 Å². The fraction of sp³-hybridized carbons (Fsp3) is 0.500. The summed E-state index contributed by atoms with van der Waals surface area (Å²) in [5, 5.41) is 21.9. The largest absolute Gasteiger partial charge is 0.396 e.